The van der Waals surface area contributed by atoms with Crippen molar-refractivity contribution in [2.45, 2.75) is 6.92 Å². The van der Waals surface area contributed by atoms with E-state index in [9.17, 15) is 0 Å². The number of allylic oxidation sites excluding steroid dienone is 3. The molecule has 0 saturated carbocycles. The lowest BCUT2D eigenvalue weighted by Gasteiger charge is -1.98. The number of nitrogens with one attached hydrogen (secondary N) is 1. The van der Waals surface area contributed by atoms with Gasteiger partial charge in [0.2, 0.25) is 0 Å². The van der Waals surface area contributed by atoms with Crippen LogP contribution in [0.1, 0.15) is 6.92 Å². The molecule has 0 radical (unpaired) electrons. The van der Waals surface area contributed by atoms with Crippen molar-refractivity contribution >= 4 is 17.6 Å². The summed E-state index contributed by atoms with van der Waals surface area (Å²) in [5, 5.41) is 3.22. The Kier molecular flexibility index (Phi) is 5.35. The Morgan fingerprint density at radius 2 is 1.60 bits per heavy atom. The van der Waals surface area contributed by atoms with Gasteiger partial charge < -0.3 is 5.32 Å². The van der Waals surface area contributed by atoms with Crippen molar-refractivity contribution in [2.75, 3.05) is 5.32 Å². The minimum Gasteiger partial charge on any atom is -0.362 e. The van der Waals surface area contributed by atoms with Crippen molar-refractivity contribution in [1.82, 2.24) is 0 Å². The highest BCUT2D eigenvalue weighted by atomic mass is 14.8. The zero-order valence-electron chi connectivity index (χ0n) is 11.5. The monoisotopic (exact) mass is 262 g/mol. The number of hydrogen-bond donors (Lipinski definition) is 1. The van der Waals surface area contributed by atoms with Gasteiger partial charge in [-0.25, -0.2) is 0 Å². The first kappa shape index (κ1) is 13.8. The number of nitrogens with zero attached hydrogens (tertiary/aromatic N) is 1. The minimum absolute atomic E-state index is 0.961. The molecule has 0 aliphatic rings. The molecule has 0 spiro atoms. The summed E-state index contributed by atoms with van der Waals surface area (Å²) in [6.45, 7) is 2.04. The van der Waals surface area contributed by atoms with Crippen molar-refractivity contribution in [3.8, 4) is 0 Å². The third-order valence-corrected chi connectivity index (χ3v) is 2.69. The molecule has 100 valence electrons. The van der Waals surface area contributed by atoms with E-state index >= 15 is 0 Å². The normalized spacial score (nSPS) is 12.2. The third kappa shape index (κ3) is 4.94. The van der Waals surface area contributed by atoms with Crippen LogP contribution in [0.3, 0.4) is 0 Å². The van der Waals surface area contributed by atoms with E-state index in [1.165, 1.54) is 0 Å². The zero-order valence-corrected chi connectivity index (χ0v) is 11.5. The van der Waals surface area contributed by atoms with Crippen LogP contribution >= 0.6 is 0 Å². The van der Waals surface area contributed by atoms with Gasteiger partial charge in [-0.1, -0.05) is 36.4 Å². The van der Waals surface area contributed by atoms with Crippen LogP contribution in [0.5, 0.6) is 0 Å². The summed E-state index contributed by atoms with van der Waals surface area (Å²) in [4.78, 5) is 4.36. The van der Waals surface area contributed by atoms with Crippen LogP contribution in [0.2, 0.25) is 0 Å². The van der Waals surface area contributed by atoms with Gasteiger partial charge in [0.15, 0.2) is 0 Å². The summed E-state index contributed by atoms with van der Waals surface area (Å²) in [6.07, 6.45) is 7.75. The Morgan fingerprint density at radius 1 is 0.950 bits per heavy atom. The first-order valence-corrected chi connectivity index (χ1v) is 6.59. The average molecular weight is 262 g/mol. The predicted molar refractivity (Wildman–Crippen MR) is 87.6 cm³/mol. The molecule has 0 saturated heterocycles. The summed E-state index contributed by atoms with van der Waals surface area (Å²) < 4.78 is 0. The minimum atomic E-state index is 0.961. The van der Waals surface area contributed by atoms with E-state index in [0.717, 1.165) is 16.9 Å². The van der Waals surface area contributed by atoms with E-state index in [0.29, 0.717) is 0 Å². The summed E-state index contributed by atoms with van der Waals surface area (Å²) >= 11 is 0. The van der Waals surface area contributed by atoms with Crippen molar-refractivity contribution in [3.05, 3.63) is 84.6 Å². The SMILES string of the molecule is CC(/C=C/Nc1ccccc1)=C\C=N\c1ccccc1. The van der Waals surface area contributed by atoms with Crippen LogP contribution in [-0.2, 0) is 0 Å². The molecule has 0 atom stereocenters. The maximum absolute atomic E-state index is 4.36. The number of anilines is 1. The molecule has 2 aromatic rings. The molecular formula is C18H18N2. The van der Waals surface area contributed by atoms with Gasteiger partial charge in [0.1, 0.15) is 0 Å². The standard InChI is InChI=1S/C18H18N2/c1-16(12-14-19-17-8-4-2-5-9-17)13-15-20-18-10-6-3-7-11-18/h2-15,19H,1H3/b14-12+,16-13+,20-15+. The highest BCUT2D eigenvalue weighted by Gasteiger charge is 1.85. The maximum Gasteiger partial charge on any atom is 0.0629 e. The summed E-state index contributed by atoms with van der Waals surface area (Å²) in [7, 11) is 0. The van der Waals surface area contributed by atoms with Crippen molar-refractivity contribution in [2.24, 2.45) is 4.99 Å². The fraction of sp³-hybridized carbons (Fsp3) is 0.0556. The molecule has 0 unspecified atom stereocenters. The molecule has 2 heteroatoms. The summed E-state index contributed by atoms with van der Waals surface area (Å²) in [6, 6.07) is 20.0. The predicted octanol–water partition coefficient (Wildman–Crippen LogP) is 4.96. The fourth-order valence-electron chi connectivity index (χ4n) is 1.61. The number of aliphatic imine (C=N–C) groups is 1. The lowest BCUT2D eigenvalue weighted by atomic mass is 10.3. The molecule has 0 amide bonds. The van der Waals surface area contributed by atoms with Gasteiger partial charge in [-0.15, -0.1) is 0 Å². The second-order valence-electron chi connectivity index (χ2n) is 4.37. The highest BCUT2D eigenvalue weighted by Crippen LogP contribution is 2.09. The Balaban J connectivity index is 1.86. The molecule has 0 fully saturated rings. The molecule has 0 aliphatic carbocycles. The van der Waals surface area contributed by atoms with Crippen molar-refractivity contribution in [1.29, 1.82) is 0 Å². The maximum atomic E-state index is 4.36. The number of para-hydroxylation sites is 2. The number of hydrogen-bond acceptors (Lipinski definition) is 2. The summed E-state index contributed by atoms with van der Waals surface area (Å²) in [5.41, 5.74) is 3.17. The van der Waals surface area contributed by atoms with Gasteiger partial charge in [0, 0.05) is 18.1 Å². The highest BCUT2D eigenvalue weighted by molar-refractivity contribution is 5.75. The molecule has 2 rings (SSSR count). The molecule has 2 nitrogen and oxygen atoms in total. The van der Waals surface area contributed by atoms with E-state index in [2.05, 4.69) is 10.3 Å². The second-order valence-corrected chi connectivity index (χ2v) is 4.37. The van der Waals surface area contributed by atoms with E-state index in [4.69, 9.17) is 0 Å². The van der Waals surface area contributed by atoms with Gasteiger partial charge in [-0.2, -0.15) is 0 Å². The Bertz CT molecular complexity index is 596. The van der Waals surface area contributed by atoms with Crippen LogP contribution in [-0.4, -0.2) is 6.21 Å². The van der Waals surface area contributed by atoms with Gasteiger partial charge >= 0.3 is 0 Å². The van der Waals surface area contributed by atoms with Crippen LogP contribution in [0.4, 0.5) is 11.4 Å². The van der Waals surface area contributed by atoms with Crippen molar-refractivity contribution < 1.29 is 0 Å². The Hall–Kier alpha value is -2.61. The van der Waals surface area contributed by atoms with Gasteiger partial charge in [0.05, 0.1) is 5.69 Å². The van der Waals surface area contributed by atoms with E-state index in [-0.39, 0.29) is 0 Å². The first-order chi connectivity index (χ1) is 9.84. The van der Waals surface area contributed by atoms with Gasteiger partial charge in [0.25, 0.3) is 0 Å². The topological polar surface area (TPSA) is 24.4 Å². The smallest absolute Gasteiger partial charge is 0.0629 e. The number of benzene rings is 2. The Labute approximate surface area is 120 Å². The van der Waals surface area contributed by atoms with E-state index in [1.807, 2.05) is 92.2 Å². The zero-order chi connectivity index (χ0) is 14.0. The second kappa shape index (κ2) is 7.74. The van der Waals surface area contributed by atoms with Crippen molar-refractivity contribution in [3.63, 3.8) is 0 Å². The van der Waals surface area contributed by atoms with Crippen LogP contribution < -0.4 is 5.32 Å². The van der Waals surface area contributed by atoms with Crippen LogP contribution in [0.15, 0.2) is 89.6 Å². The summed E-state index contributed by atoms with van der Waals surface area (Å²) in [5.74, 6) is 0. The molecule has 1 N–H and O–H groups in total. The average Bonchev–Trinajstić information content (AvgIpc) is 2.49. The molecule has 20 heavy (non-hydrogen) atoms. The largest absolute Gasteiger partial charge is 0.362 e. The lowest BCUT2D eigenvalue weighted by molar-refractivity contribution is 1.49. The lowest BCUT2D eigenvalue weighted by Crippen LogP contribution is -1.86. The van der Waals surface area contributed by atoms with E-state index in [1.54, 1.807) is 0 Å². The molecule has 0 aliphatic heterocycles. The molecule has 0 heterocycles. The first-order valence-electron chi connectivity index (χ1n) is 6.59. The quantitative estimate of drug-likeness (QED) is 0.597. The fourth-order valence-corrected chi connectivity index (χ4v) is 1.61. The van der Waals surface area contributed by atoms with Crippen LogP contribution in [0.25, 0.3) is 0 Å². The molecule has 0 aromatic heterocycles. The molecule has 0 bridgehead atoms. The Morgan fingerprint density at radius 3 is 2.30 bits per heavy atom. The molecule has 2 aromatic carbocycles. The van der Waals surface area contributed by atoms with Gasteiger partial charge in [-0.05, 0) is 48.9 Å². The van der Waals surface area contributed by atoms with Gasteiger partial charge in [-0.3, -0.25) is 4.99 Å². The number of rotatable bonds is 5. The van der Waals surface area contributed by atoms with E-state index < -0.39 is 0 Å². The third-order valence-electron chi connectivity index (χ3n) is 2.69. The van der Waals surface area contributed by atoms with Crippen LogP contribution in [0, 0.1) is 0 Å². The molecular weight excluding hydrogens is 244 g/mol.